The van der Waals surface area contributed by atoms with Gasteiger partial charge in [0.05, 0.1) is 11.8 Å². The zero-order valence-corrected chi connectivity index (χ0v) is 16.7. The minimum atomic E-state index is -0.218. The number of hydrogen-bond donors (Lipinski definition) is 1. The fourth-order valence-corrected chi connectivity index (χ4v) is 5.32. The third kappa shape index (κ3) is 4.16. The molecule has 1 aromatic carbocycles. The van der Waals surface area contributed by atoms with Gasteiger partial charge < -0.3 is 10.2 Å². The Balaban J connectivity index is 1.39. The fourth-order valence-electron chi connectivity index (χ4n) is 5.32. The van der Waals surface area contributed by atoms with Crippen LogP contribution in [0.4, 0.5) is 0 Å². The number of piperidine rings is 1. The molecule has 1 N–H and O–H groups in total. The van der Waals surface area contributed by atoms with Gasteiger partial charge in [-0.25, -0.2) is 0 Å². The number of rotatable bonds is 5. The normalized spacial score (nSPS) is 28.1. The molecule has 3 aliphatic rings. The van der Waals surface area contributed by atoms with Crippen molar-refractivity contribution in [3.05, 3.63) is 48.0 Å². The molecule has 150 valence electrons. The van der Waals surface area contributed by atoms with Crippen molar-refractivity contribution in [1.82, 2.24) is 10.2 Å². The van der Waals surface area contributed by atoms with Crippen LogP contribution in [0.1, 0.15) is 50.5 Å². The molecule has 3 unspecified atom stereocenters. The van der Waals surface area contributed by atoms with Gasteiger partial charge >= 0.3 is 0 Å². The Morgan fingerprint density at radius 3 is 2.64 bits per heavy atom. The number of carbonyl (C=O) groups is 2. The molecular formula is C24H32N2O2. The third-order valence-corrected chi connectivity index (χ3v) is 6.85. The summed E-state index contributed by atoms with van der Waals surface area (Å²) in [5.74, 6) is 0.123. The van der Waals surface area contributed by atoms with Crippen molar-refractivity contribution < 1.29 is 9.59 Å². The lowest BCUT2D eigenvalue weighted by Gasteiger charge is -2.45. The zero-order chi connectivity index (χ0) is 19.3. The molecule has 0 spiro atoms. The minimum Gasteiger partial charge on any atom is -0.355 e. The van der Waals surface area contributed by atoms with Crippen LogP contribution in [0.2, 0.25) is 0 Å². The first-order valence-electron chi connectivity index (χ1n) is 11.0. The highest BCUT2D eigenvalue weighted by molar-refractivity contribution is 5.89. The predicted molar refractivity (Wildman–Crippen MR) is 111 cm³/mol. The lowest BCUT2D eigenvalue weighted by molar-refractivity contribution is -0.150. The molecule has 2 aliphatic carbocycles. The van der Waals surface area contributed by atoms with Crippen LogP contribution in [-0.4, -0.2) is 35.8 Å². The van der Waals surface area contributed by atoms with Gasteiger partial charge in [-0.3, -0.25) is 9.59 Å². The predicted octanol–water partition coefficient (Wildman–Crippen LogP) is 3.72. The summed E-state index contributed by atoms with van der Waals surface area (Å²) in [5, 5.41) is 3.11. The molecule has 4 rings (SSSR count). The van der Waals surface area contributed by atoms with E-state index in [0.29, 0.717) is 19.0 Å². The molecule has 3 atom stereocenters. The average molecular weight is 381 g/mol. The van der Waals surface area contributed by atoms with E-state index in [-0.39, 0.29) is 29.6 Å². The molecule has 1 saturated heterocycles. The largest absolute Gasteiger partial charge is 0.355 e. The molecule has 0 aromatic heterocycles. The lowest BCUT2D eigenvalue weighted by atomic mass is 9.70. The number of allylic oxidation sites excluding steroid dienone is 2. The van der Waals surface area contributed by atoms with Crippen molar-refractivity contribution in [2.24, 2.45) is 17.8 Å². The topological polar surface area (TPSA) is 49.4 Å². The second-order valence-electron chi connectivity index (χ2n) is 8.60. The van der Waals surface area contributed by atoms with Gasteiger partial charge in [0, 0.05) is 19.1 Å². The van der Waals surface area contributed by atoms with Gasteiger partial charge in [0.1, 0.15) is 0 Å². The van der Waals surface area contributed by atoms with Gasteiger partial charge in [-0.05, 0) is 43.6 Å². The van der Waals surface area contributed by atoms with Crippen LogP contribution in [0.15, 0.2) is 42.5 Å². The smallest absolute Gasteiger partial charge is 0.227 e. The summed E-state index contributed by atoms with van der Waals surface area (Å²) in [4.78, 5) is 28.5. The Kier molecular flexibility index (Phi) is 6.13. The number of nitrogens with zero attached hydrogens (tertiary/aromatic N) is 1. The summed E-state index contributed by atoms with van der Waals surface area (Å²) < 4.78 is 0. The van der Waals surface area contributed by atoms with Crippen LogP contribution in [0.5, 0.6) is 0 Å². The Bertz CT molecular complexity index is 709. The van der Waals surface area contributed by atoms with E-state index in [1.165, 1.54) is 24.8 Å². The van der Waals surface area contributed by atoms with Crippen molar-refractivity contribution >= 4 is 11.8 Å². The lowest BCUT2D eigenvalue weighted by Crippen LogP contribution is -2.55. The molecule has 1 aliphatic heterocycles. The summed E-state index contributed by atoms with van der Waals surface area (Å²) in [6.07, 6.45) is 12.8. The number of likely N-dealkylation sites (tertiary alicyclic amines) is 1. The molecule has 2 amide bonds. The second-order valence-corrected chi connectivity index (χ2v) is 8.60. The number of amides is 2. The quantitative estimate of drug-likeness (QED) is 0.792. The Morgan fingerprint density at radius 1 is 1.07 bits per heavy atom. The summed E-state index contributed by atoms with van der Waals surface area (Å²) in [5.41, 5.74) is 1.22. The van der Waals surface area contributed by atoms with Gasteiger partial charge in [-0.1, -0.05) is 61.7 Å². The molecule has 1 saturated carbocycles. The van der Waals surface area contributed by atoms with Crippen LogP contribution < -0.4 is 5.32 Å². The maximum atomic E-state index is 13.4. The maximum absolute atomic E-state index is 13.4. The van der Waals surface area contributed by atoms with Gasteiger partial charge in [0.25, 0.3) is 0 Å². The highest BCUT2D eigenvalue weighted by atomic mass is 16.2. The second kappa shape index (κ2) is 8.93. The van der Waals surface area contributed by atoms with Gasteiger partial charge in [-0.15, -0.1) is 0 Å². The van der Waals surface area contributed by atoms with Crippen LogP contribution in [0.3, 0.4) is 0 Å². The zero-order valence-electron chi connectivity index (χ0n) is 16.7. The number of nitrogens with one attached hydrogen (secondary N) is 1. The van der Waals surface area contributed by atoms with Crippen LogP contribution in [0.25, 0.3) is 0 Å². The minimum absolute atomic E-state index is 0.0501. The van der Waals surface area contributed by atoms with E-state index in [4.69, 9.17) is 0 Å². The molecular weight excluding hydrogens is 348 g/mol. The molecule has 0 bridgehead atoms. The van der Waals surface area contributed by atoms with Gasteiger partial charge in [-0.2, -0.15) is 0 Å². The molecule has 2 fully saturated rings. The van der Waals surface area contributed by atoms with Gasteiger partial charge in [0.2, 0.25) is 11.8 Å². The number of fused-ring (bicyclic) bond motifs is 1. The van der Waals surface area contributed by atoms with Crippen molar-refractivity contribution in [2.45, 2.75) is 57.4 Å². The summed E-state index contributed by atoms with van der Waals surface area (Å²) in [6.45, 7) is 1.48. The van der Waals surface area contributed by atoms with Crippen molar-refractivity contribution in [3.8, 4) is 0 Å². The summed E-state index contributed by atoms with van der Waals surface area (Å²) in [7, 11) is 0. The molecule has 1 aromatic rings. The first-order chi connectivity index (χ1) is 13.7. The van der Waals surface area contributed by atoms with Crippen molar-refractivity contribution in [1.29, 1.82) is 0 Å². The molecule has 28 heavy (non-hydrogen) atoms. The fraction of sp³-hybridized carbons (Fsp3) is 0.583. The SMILES string of the molecule is O=C(NCCc1ccccc1)C1CC=CC2CCN(C3CCCCC3)C(=O)C21. The molecule has 0 radical (unpaired) electrons. The average Bonchev–Trinajstić information content (AvgIpc) is 2.75. The van der Waals surface area contributed by atoms with E-state index in [9.17, 15) is 9.59 Å². The standard InChI is InChI=1S/C24H32N2O2/c27-23(25-16-14-18-8-3-1-4-9-18)21-13-7-10-19-15-17-26(24(28)22(19)21)20-11-5-2-6-12-20/h1,3-4,7-10,19-22H,2,5-6,11-17H2,(H,25,27). The summed E-state index contributed by atoms with van der Waals surface area (Å²) in [6, 6.07) is 10.6. The molecule has 1 heterocycles. The highest BCUT2D eigenvalue weighted by Gasteiger charge is 2.45. The first kappa shape index (κ1) is 19.2. The van der Waals surface area contributed by atoms with Crippen LogP contribution >= 0.6 is 0 Å². The van der Waals surface area contributed by atoms with Crippen molar-refractivity contribution in [2.75, 3.05) is 13.1 Å². The third-order valence-electron chi connectivity index (χ3n) is 6.85. The molecule has 4 nitrogen and oxygen atoms in total. The Hall–Kier alpha value is -2.10. The van der Waals surface area contributed by atoms with Crippen molar-refractivity contribution in [3.63, 3.8) is 0 Å². The highest BCUT2D eigenvalue weighted by Crippen LogP contribution is 2.39. The first-order valence-corrected chi connectivity index (χ1v) is 11.0. The Labute approximate surface area is 168 Å². The van der Waals surface area contributed by atoms with Crippen LogP contribution in [-0.2, 0) is 16.0 Å². The number of benzene rings is 1. The van der Waals surface area contributed by atoms with E-state index in [1.807, 2.05) is 18.2 Å². The Morgan fingerprint density at radius 2 is 1.86 bits per heavy atom. The van der Waals surface area contributed by atoms with E-state index < -0.39 is 0 Å². The number of carbonyl (C=O) groups excluding carboxylic acids is 2. The van der Waals surface area contributed by atoms with E-state index in [2.05, 4.69) is 34.5 Å². The monoisotopic (exact) mass is 380 g/mol. The van der Waals surface area contributed by atoms with E-state index in [0.717, 1.165) is 32.2 Å². The maximum Gasteiger partial charge on any atom is 0.227 e. The molecule has 4 heteroatoms. The van der Waals surface area contributed by atoms with E-state index >= 15 is 0 Å². The van der Waals surface area contributed by atoms with Crippen LogP contribution in [0, 0.1) is 17.8 Å². The van der Waals surface area contributed by atoms with Gasteiger partial charge in [0.15, 0.2) is 0 Å². The van der Waals surface area contributed by atoms with E-state index in [1.54, 1.807) is 0 Å². The number of hydrogen-bond acceptors (Lipinski definition) is 2. The summed E-state index contributed by atoms with van der Waals surface area (Å²) >= 11 is 0.